The number of likely N-dealkylation sites (tertiary alicyclic amines) is 1. The molecule has 7 aliphatic heterocycles. The van der Waals surface area contributed by atoms with Crippen LogP contribution in [0.2, 0.25) is 0 Å². The molecule has 5 aromatic rings. The largest absolute Gasteiger partial charge is 0.381 e. The number of thiazole rings is 1. The van der Waals surface area contributed by atoms with E-state index >= 15 is 8.78 Å². The van der Waals surface area contributed by atoms with Crippen LogP contribution in [0, 0.1) is 5.92 Å². The number of nitrogens with one attached hydrogen (secondary N) is 2. The normalized spacial score (nSPS) is 19.6. The average Bonchev–Trinajstić information content (AvgIpc) is 2.55. The Morgan fingerprint density at radius 3 is 2.29 bits per heavy atom. The number of amides is 6. The van der Waals surface area contributed by atoms with E-state index in [1.807, 2.05) is 63.2 Å². The third kappa shape index (κ3) is 13.0. The highest BCUT2D eigenvalue weighted by Gasteiger charge is 2.45. The van der Waals surface area contributed by atoms with E-state index in [2.05, 4.69) is 42.7 Å². The summed E-state index contributed by atoms with van der Waals surface area (Å²) in [5, 5.41) is 10.0. The number of halogens is 2. The third-order valence-electron chi connectivity index (χ3n) is 17.4. The zero-order chi connectivity index (χ0) is 59.8. The van der Waals surface area contributed by atoms with Crippen LogP contribution in [0.3, 0.4) is 0 Å². The first-order valence-electron chi connectivity index (χ1n) is 30.5. The van der Waals surface area contributed by atoms with Gasteiger partial charge in [0, 0.05) is 100 Å². The molecule has 84 heavy (non-hydrogen) atoms. The van der Waals surface area contributed by atoms with Crippen LogP contribution in [0.25, 0.3) is 21.3 Å². The van der Waals surface area contributed by atoms with Crippen molar-refractivity contribution in [3.05, 3.63) is 99.8 Å². The molecule has 7 aliphatic rings. The van der Waals surface area contributed by atoms with Gasteiger partial charge in [0.1, 0.15) is 6.04 Å². The molecule has 2 N–H and O–H groups in total. The number of benzene rings is 3. The Hall–Kier alpha value is -6.90. The summed E-state index contributed by atoms with van der Waals surface area (Å²) in [4.78, 5) is 88.7. The summed E-state index contributed by atoms with van der Waals surface area (Å²) in [5.74, 6) is -0.405. The Labute approximate surface area is 496 Å². The second-order valence-electron chi connectivity index (χ2n) is 22.3. The second kappa shape index (κ2) is 27.9. The quantitative estimate of drug-likeness (QED) is 0.113. The van der Waals surface area contributed by atoms with Gasteiger partial charge in [0.15, 0.2) is 5.82 Å². The van der Waals surface area contributed by atoms with Crippen LogP contribution in [0.4, 0.5) is 26.0 Å². The van der Waals surface area contributed by atoms with Gasteiger partial charge in [-0.25, -0.2) is 13.8 Å². The van der Waals surface area contributed by atoms with E-state index in [1.165, 1.54) is 11.8 Å². The predicted octanol–water partition coefficient (Wildman–Crippen LogP) is 11.0. The molecule has 0 spiro atoms. The molecule has 9 heterocycles. The number of carbonyl (C=O) groups is 6. The van der Waals surface area contributed by atoms with E-state index in [9.17, 15) is 28.8 Å². The number of hydrogen-bond acceptors (Lipinski definition) is 13. The summed E-state index contributed by atoms with van der Waals surface area (Å²) < 4.78 is 40.0. The molecule has 1 unspecified atom stereocenters. The molecule has 17 nitrogen and oxygen atoms in total. The lowest BCUT2D eigenvalue weighted by molar-refractivity contribution is -0.136. The summed E-state index contributed by atoms with van der Waals surface area (Å²) in [7, 11) is 0. The molecule has 450 valence electrons. The molecular weight excluding hydrogens is 1090 g/mol. The first-order valence-corrected chi connectivity index (χ1v) is 31.4. The molecule has 0 aliphatic carbocycles. The minimum atomic E-state index is -2.71. The summed E-state index contributed by atoms with van der Waals surface area (Å²) in [6, 6.07) is 12.4. The molecule has 0 saturated carbocycles. The van der Waals surface area contributed by atoms with Crippen LogP contribution in [0.15, 0.2) is 60.8 Å². The minimum Gasteiger partial charge on any atom is -0.381 e. The number of imide groups is 2. The van der Waals surface area contributed by atoms with Crippen molar-refractivity contribution in [3.8, 4) is 11.1 Å². The average molecular weight is 1170 g/mol. The van der Waals surface area contributed by atoms with Gasteiger partial charge in [-0.3, -0.25) is 43.7 Å². The molecule has 12 rings (SSSR count). The Bertz CT molecular complexity index is 3230. The number of piperidine rings is 3. The number of nitrogens with zero attached hydrogens (tertiary/aromatic N) is 8. The van der Waals surface area contributed by atoms with Crippen molar-refractivity contribution < 1.29 is 42.3 Å². The zero-order valence-electron chi connectivity index (χ0n) is 49.7. The van der Waals surface area contributed by atoms with Gasteiger partial charge in [-0.1, -0.05) is 41.2 Å². The first-order chi connectivity index (χ1) is 40.8. The molecule has 0 radical (unpaired) electrons. The number of aromatic nitrogens is 3. The number of alkyl halides is 2. The second-order valence-corrected chi connectivity index (χ2v) is 23.2. The van der Waals surface area contributed by atoms with Crippen LogP contribution >= 0.6 is 11.3 Å². The van der Waals surface area contributed by atoms with Crippen molar-refractivity contribution in [2.24, 2.45) is 5.92 Å². The van der Waals surface area contributed by atoms with Crippen molar-refractivity contribution in [2.75, 3.05) is 68.8 Å². The molecule has 20 heteroatoms. The summed E-state index contributed by atoms with van der Waals surface area (Å²) in [5.41, 5.74) is 10.6. The van der Waals surface area contributed by atoms with Crippen molar-refractivity contribution >= 4 is 74.2 Å². The fourth-order valence-corrected chi connectivity index (χ4v) is 14.0. The van der Waals surface area contributed by atoms with Gasteiger partial charge >= 0.3 is 0 Å². The van der Waals surface area contributed by atoms with E-state index in [0.717, 1.165) is 145 Å². The topological polar surface area (TPSA) is 183 Å². The molecule has 2 aromatic heterocycles. The number of aryl methyl sites for hydroxylation is 1. The number of rotatable bonds is 12. The SMILES string of the molecule is C=CNC(=O)CCC.CC.CC.CC(=O)N1CCc2c(c(N3CCCc4cc(-c5cc(C6CCN(CC7CCN(c8ccc9c(c8)C(=O)N(C8CCC(=O)NC8=O)C9=O)CC7)CC6)c6scnc6c5)c(C(F)F)cc43)nn2C2CCOCC2)C1. The van der Waals surface area contributed by atoms with E-state index in [-0.39, 0.29) is 47.7 Å². The Kier molecular flexibility index (Phi) is 20.5. The number of anilines is 3. The monoisotopic (exact) mass is 1170 g/mol. The van der Waals surface area contributed by atoms with Gasteiger partial charge in [-0.2, -0.15) is 5.10 Å². The number of hydrogen-bond donors (Lipinski definition) is 2. The van der Waals surface area contributed by atoms with Gasteiger partial charge in [-0.05, 0) is 160 Å². The Morgan fingerprint density at radius 2 is 1.60 bits per heavy atom. The maximum absolute atomic E-state index is 15.5. The highest BCUT2D eigenvalue weighted by Crippen LogP contribution is 2.46. The zero-order valence-corrected chi connectivity index (χ0v) is 50.5. The van der Waals surface area contributed by atoms with E-state index in [0.29, 0.717) is 62.7 Å². The van der Waals surface area contributed by atoms with Crippen molar-refractivity contribution in [1.82, 2.24) is 40.1 Å². The fraction of sp³-hybridized carbons (Fsp3) is 0.531. The number of carbonyl (C=O) groups excluding carboxylic acids is 6. The van der Waals surface area contributed by atoms with Crippen LogP contribution in [0.5, 0.6) is 0 Å². The minimum absolute atomic E-state index is 0.00123. The standard InChI is InChI=1S/C54H59F2N9O6S.C6H11NO.2C2H6/c1-31(66)62-20-12-45-43(29-62)51(59-65(45)36-13-21-71-22-14-36)63-15-2-3-34-23-39(41(50(55)56)27-47(34)63)35-24-40(49-44(25-35)57-30-72-49)33-10-16-60(17-11-33)28-32-8-18-61(19-9-32)37-4-5-38-42(26-37)54(70)64(53(38)69)46-6-7-48(67)58-52(46)68;1-3-5-6(8)7-4-2;2*1-2/h4-5,23-27,30,32-33,36,46,50H,2-3,6-22,28-29H2,1H3,(H,58,67,68);4H,2-3,5H2,1H3,(H,7,8);2*1-2H3. The summed E-state index contributed by atoms with van der Waals surface area (Å²) >= 11 is 1.62. The maximum atomic E-state index is 15.5. The van der Waals surface area contributed by atoms with E-state index < -0.39 is 36.1 Å². The molecule has 3 aromatic carbocycles. The predicted molar refractivity (Wildman–Crippen MR) is 324 cm³/mol. The van der Waals surface area contributed by atoms with Crippen molar-refractivity contribution in [1.29, 1.82) is 0 Å². The van der Waals surface area contributed by atoms with Crippen LogP contribution in [-0.4, -0.2) is 130 Å². The van der Waals surface area contributed by atoms with Crippen LogP contribution in [-0.2, 0) is 43.3 Å². The number of fused-ring (bicyclic) bond motifs is 4. The molecule has 4 fully saturated rings. The molecule has 1 atom stereocenters. The van der Waals surface area contributed by atoms with Gasteiger partial charge in [0.25, 0.3) is 18.2 Å². The van der Waals surface area contributed by atoms with Crippen molar-refractivity contribution in [2.45, 2.75) is 156 Å². The van der Waals surface area contributed by atoms with E-state index in [1.54, 1.807) is 36.5 Å². The lowest BCUT2D eigenvalue weighted by Gasteiger charge is -2.38. The molecule has 0 bridgehead atoms. The smallest absolute Gasteiger partial charge is 0.264 e. The number of ether oxygens (including phenoxy) is 1. The van der Waals surface area contributed by atoms with Crippen LogP contribution in [0.1, 0.15) is 179 Å². The Balaban J connectivity index is 0.000000647. The third-order valence-corrected chi connectivity index (χ3v) is 18.3. The van der Waals surface area contributed by atoms with E-state index in [4.69, 9.17) is 14.8 Å². The van der Waals surface area contributed by atoms with Gasteiger partial charge in [-0.15, -0.1) is 11.3 Å². The molecule has 6 amide bonds. The van der Waals surface area contributed by atoms with Crippen LogP contribution < -0.4 is 20.4 Å². The molecule has 4 saturated heterocycles. The maximum Gasteiger partial charge on any atom is 0.264 e. The van der Waals surface area contributed by atoms with Crippen molar-refractivity contribution in [3.63, 3.8) is 0 Å². The summed E-state index contributed by atoms with van der Waals surface area (Å²) in [6.07, 6.45) is 8.30. The highest BCUT2D eigenvalue weighted by molar-refractivity contribution is 7.17. The Morgan fingerprint density at radius 1 is 0.857 bits per heavy atom. The van der Waals surface area contributed by atoms with Gasteiger partial charge < -0.3 is 29.7 Å². The lowest BCUT2D eigenvalue weighted by Crippen LogP contribution is -2.54. The van der Waals surface area contributed by atoms with Gasteiger partial charge in [0.2, 0.25) is 23.6 Å². The summed E-state index contributed by atoms with van der Waals surface area (Å²) in [6.45, 7) is 22.5. The first kappa shape index (κ1) is 61.7. The lowest BCUT2D eigenvalue weighted by atomic mass is 9.85. The fourth-order valence-electron chi connectivity index (χ4n) is 13.1. The van der Waals surface area contributed by atoms with Gasteiger partial charge in [0.05, 0.1) is 39.4 Å². The highest BCUT2D eigenvalue weighted by atomic mass is 32.1. The molecular formula is C64H82F2N10O7S.